The van der Waals surface area contributed by atoms with E-state index in [2.05, 4.69) is 40.6 Å². The van der Waals surface area contributed by atoms with Gasteiger partial charge in [-0.25, -0.2) is 0 Å². The lowest BCUT2D eigenvalue weighted by molar-refractivity contribution is 0.646. The molecule has 3 nitrogen and oxygen atoms in total. The summed E-state index contributed by atoms with van der Waals surface area (Å²) in [6, 6.07) is 10.9. The zero-order chi connectivity index (χ0) is 11.5. The molecule has 0 spiro atoms. The molecule has 0 aromatic heterocycles. The summed E-state index contributed by atoms with van der Waals surface area (Å²) in [6.07, 6.45) is 0. The lowest BCUT2D eigenvalue weighted by Crippen LogP contribution is -2.11. The van der Waals surface area contributed by atoms with Crippen molar-refractivity contribution in [3.05, 3.63) is 29.8 Å². The summed E-state index contributed by atoms with van der Waals surface area (Å²) in [6.45, 7) is 1.73. The molecule has 0 saturated carbocycles. The van der Waals surface area contributed by atoms with E-state index in [0.717, 1.165) is 13.1 Å². The predicted octanol–water partition coefficient (Wildman–Crippen LogP) is 1.58. The normalized spacial score (nSPS) is 24.1. The molecule has 2 rings (SSSR count). The zero-order valence-electron chi connectivity index (χ0n) is 9.77. The molecule has 0 radical (unpaired) electrons. The number of rotatable bonds is 2. The minimum atomic E-state index is 0.116. The van der Waals surface area contributed by atoms with Crippen LogP contribution in [0.2, 0.25) is 0 Å². The van der Waals surface area contributed by atoms with Crippen molar-refractivity contribution in [1.29, 1.82) is 5.26 Å². The van der Waals surface area contributed by atoms with Gasteiger partial charge in [-0.3, -0.25) is 0 Å². The molecule has 84 valence electrons. The smallest absolute Gasteiger partial charge is 0.0676 e. The third-order valence-corrected chi connectivity index (χ3v) is 3.22. The third kappa shape index (κ3) is 2.02. The number of benzene rings is 1. The van der Waals surface area contributed by atoms with Crippen LogP contribution in [0.3, 0.4) is 0 Å². The number of hydrogen-bond donors (Lipinski definition) is 1. The van der Waals surface area contributed by atoms with Gasteiger partial charge in [-0.15, -0.1) is 0 Å². The molecule has 0 bridgehead atoms. The van der Waals surface area contributed by atoms with Crippen LogP contribution < -0.4 is 10.2 Å². The number of anilines is 1. The SMILES string of the molecule is CN(C)c1ccc([C@@H]2CNC[C@@H]2C#N)cc1. The van der Waals surface area contributed by atoms with Crippen LogP contribution in [0.25, 0.3) is 0 Å². The molecule has 1 aromatic carbocycles. The van der Waals surface area contributed by atoms with Crippen LogP contribution in [0.4, 0.5) is 5.69 Å². The first-order valence-corrected chi connectivity index (χ1v) is 5.60. The first-order valence-electron chi connectivity index (χ1n) is 5.60. The van der Waals surface area contributed by atoms with Crippen LogP contribution in [0.5, 0.6) is 0 Å². The average Bonchev–Trinajstić information content (AvgIpc) is 2.77. The van der Waals surface area contributed by atoms with Crippen molar-refractivity contribution in [2.45, 2.75) is 5.92 Å². The summed E-state index contributed by atoms with van der Waals surface area (Å²) in [5, 5.41) is 12.3. The second-order valence-corrected chi connectivity index (χ2v) is 4.49. The molecule has 0 unspecified atom stereocenters. The lowest BCUT2D eigenvalue weighted by Gasteiger charge is -2.16. The summed E-state index contributed by atoms with van der Waals surface area (Å²) >= 11 is 0. The number of nitriles is 1. The number of hydrogen-bond acceptors (Lipinski definition) is 3. The topological polar surface area (TPSA) is 39.1 Å². The largest absolute Gasteiger partial charge is 0.378 e. The van der Waals surface area contributed by atoms with Gasteiger partial charge >= 0.3 is 0 Å². The van der Waals surface area contributed by atoms with E-state index in [1.165, 1.54) is 11.3 Å². The van der Waals surface area contributed by atoms with E-state index < -0.39 is 0 Å². The molecule has 1 fully saturated rings. The summed E-state index contributed by atoms with van der Waals surface area (Å²) in [4.78, 5) is 2.08. The van der Waals surface area contributed by atoms with E-state index in [-0.39, 0.29) is 5.92 Å². The van der Waals surface area contributed by atoms with E-state index in [1.807, 2.05) is 14.1 Å². The van der Waals surface area contributed by atoms with Crippen molar-refractivity contribution in [2.24, 2.45) is 5.92 Å². The maximum Gasteiger partial charge on any atom is 0.0676 e. The Balaban J connectivity index is 2.19. The Bertz CT molecular complexity index is 389. The second-order valence-electron chi connectivity index (χ2n) is 4.49. The molecule has 1 saturated heterocycles. The van der Waals surface area contributed by atoms with Gasteiger partial charge in [-0.05, 0) is 17.7 Å². The van der Waals surface area contributed by atoms with Crippen molar-refractivity contribution in [3.63, 3.8) is 0 Å². The highest BCUT2D eigenvalue weighted by Gasteiger charge is 2.27. The van der Waals surface area contributed by atoms with Crippen molar-refractivity contribution in [1.82, 2.24) is 5.32 Å². The summed E-state index contributed by atoms with van der Waals surface area (Å²) in [5.41, 5.74) is 2.46. The Labute approximate surface area is 96.7 Å². The minimum Gasteiger partial charge on any atom is -0.378 e. The van der Waals surface area contributed by atoms with Crippen LogP contribution in [0, 0.1) is 17.2 Å². The van der Waals surface area contributed by atoms with Gasteiger partial charge in [0.25, 0.3) is 0 Å². The van der Waals surface area contributed by atoms with Crippen molar-refractivity contribution >= 4 is 5.69 Å². The van der Waals surface area contributed by atoms with Crippen molar-refractivity contribution in [3.8, 4) is 6.07 Å². The molecular formula is C13H17N3. The van der Waals surface area contributed by atoms with Gasteiger partial charge in [0.1, 0.15) is 0 Å². The zero-order valence-corrected chi connectivity index (χ0v) is 9.77. The van der Waals surface area contributed by atoms with Crippen LogP contribution in [-0.2, 0) is 0 Å². The summed E-state index contributed by atoms with van der Waals surface area (Å²) in [7, 11) is 4.06. The van der Waals surface area contributed by atoms with Crippen molar-refractivity contribution in [2.75, 3.05) is 32.1 Å². The fourth-order valence-electron chi connectivity index (χ4n) is 2.18. The van der Waals surface area contributed by atoms with Gasteiger partial charge in [-0.1, -0.05) is 12.1 Å². The first kappa shape index (κ1) is 11.0. The Morgan fingerprint density at radius 2 is 1.94 bits per heavy atom. The molecular weight excluding hydrogens is 198 g/mol. The minimum absolute atomic E-state index is 0.116. The highest BCUT2D eigenvalue weighted by Crippen LogP contribution is 2.28. The van der Waals surface area contributed by atoms with Crippen LogP contribution in [-0.4, -0.2) is 27.2 Å². The summed E-state index contributed by atoms with van der Waals surface area (Å²) < 4.78 is 0. The van der Waals surface area contributed by atoms with Crippen LogP contribution in [0.1, 0.15) is 11.5 Å². The van der Waals surface area contributed by atoms with Gasteiger partial charge in [0.2, 0.25) is 0 Å². The van der Waals surface area contributed by atoms with E-state index in [0.29, 0.717) is 5.92 Å². The molecule has 0 aliphatic carbocycles. The molecule has 1 N–H and O–H groups in total. The van der Waals surface area contributed by atoms with E-state index >= 15 is 0 Å². The van der Waals surface area contributed by atoms with E-state index in [4.69, 9.17) is 5.26 Å². The monoisotopic (exact) mass is 215 g/mol. The quantitative estimate of drug-likeness (QED) is 0.814. The molecule has 16 heavy (non-hydrogen) atoms. The van der Waals surface area contributed by atoms with Crippen LogP contribution >= 0.6 is 0 Å². The Morgan fingerprint density at radius 3 is 2.50 bits per heavy atom. The fourth-order valence-corrected chi connectivity index (χ4v) is 2.18. The molecule has 1 heterocycles. The average molecular weight is 215 g/mol. The molecule has 2 atom stereocenters. The standard InChI is InChI=1S/C13H17N3/c1-16(2)12-5-3-10(4-6-12)13-9-15-8-11(13)7-14/h3-6,11,13,15H,8-9H2,1-2H3/t11-,13-/m0/s1. The number of nitrogens with one attached hydrogen (secondary N) is 1. The lowest BCUT2D eigenvalue weighted by atomic mass is 9.90. The van der Waals surface area contributed by atoms with E-state index in [9.17, 15) is 0 Å². The van der Waals surface area contributed by atoms with Gasteiger partial charge < -0.3 is 10.2 Å². The predicted molar refractivity (Wildman–Crippen MR) is 65.5 cm³/mol. The van der Waals surface area contributed by atoms with Crippen LogP contribution in [0.15, 0.2) is 24.3 Å². The Kier molecular flexibility index (Phi) is 3.12. The molecule has 1 aliphatic rings. The van der Waals surface area contributed by atoms with Gasteiger partial charge in [0, 0.05) is 38.8 Å². The Hall–Kier alpha value is -1.53. The molecule has 1 aromatic rings. The molecule has 3 heteroatoms. The first-order chi connectivity index (χ1) is 7.72. The summed E-state index contributed by atoms with van der Waals surface area (Å²) in [5.74, 6) is 0.464. The highest BCUT2D eigenvalue weighted by molar-refractivity contribution is 5.47. The van der Waals surface area contributed by atoms with Gasteiger partial charge in [0.15, 0.2) is 0 Å². The Morgan fingerprint density at radius 1 is 1.25 bits per heavy atom. The fraction of sp³-hybridized carbons (Fsp3) is 0.462. The maximum atomic E-state index is 9.04. The third-order valence-electron chi connectivity index (χ3n) is 3.22. The second kappa shape index (κ2) is 4.54. The van der Waals surface area contributed by atoms with Gasteiger partial charge in [0.05, 0.1) is 12.0 Å². The molecule has 1 aliphatic heterocycles. The molecule has 0 amide bonds. The maximum absolute atomic E-state index is 9.04. The highest BCUT2D eigenvalue weighted by atomic mass is 15.1. The van der Waals surface area contributed by atoms with Gasteiger partial charge in [-0.2, -0.15) is 5.26 Å². The van der Waals surface area contributed by atoms with E-state index in [1.54, 1.807) is 0 Å². The number of nitrogens with zero attached hydrogens (tertiary/aromatic N) is 2. The van der Waals surface area contributed by atoms with Crippen molar-refractivity contribution < 1.29 is 0 Å².